The molecule has 114 valence electrons. The van der Waals surface area contributed by atoms with Gasteiger partial charge in [-0.2, -0.15) is 13.2 Å². The Balaban J connectivity index is 3.02. The minimum atomic E-state index is -4.38. The molecule has 2 unspecified atom stereocenters. The van der Waals surface area contributed by atoms with Gasteiger partial charge in [-0.05, 0) is 48.6 Å². The zero-order valence-corrected chi connectivity index (χ0v) is 11.6. The van der Waals surface area contributed by atoms with E-state index in [4.69, 9.17) is 10.5 Å². The van der Waals surface area contributed by atoms with E-state index in [-0.39, 0.29) is 18.4 Å². The molecule has 0 fully saturated rings. The van der Waals surface area contributed by atoms with E-state index in [1.165, 1.54) is 13.2 Å². The van der Waals surface area contributed by atoms with E-state index in [0.717, 1.165) is 12.1 Å². The minimum Gasteiger partial charge on any atom is -0.496 e. The molecule has 0 amide bonds. The van der Waals surface area contributed by atoms with Crippen molar-refractivity contribution in [1.29, 1.82) is 0 Å². The summed E-state index contributed by atoms with van der Waals surface area (Å²) in [5.41, 5.74) is 5.31. The lowest BCUT2D eigenvalue weighted by molar-refractivity contribution is -0.137. The summed E-state index contributed by atoms with van der Waals surface area (Å²) in [5.74, 6) is 0.232. The van der Waals surface area contributed by atoms with Crippen molar-refractivity contribution in [1.82, 2.24) is 0 Å². The lowest BCUT2D eigenvalue weighted by Crippen LogP contribution is -2.26. The van der Waals surface area contributed by atoms with Crippen molar-refractivity contribution in [2.75, 3.05) is 20.3 Å². The Morgan fingerprint density at radius 2 is 2.00 bits per heavy atom. The lowest BCUT2D eigenvalue weighted by atomic mass is 9.88. The maximum absolute atomic E-state index is 12.7. The molecule has 0 spiro atoms. The second-order valence-corrected chi connectivity index (χ2v) is 4.88. The molecule has 0 heterocycles. The zero-order chi connectivity index (χ0) is 15.3. The molecule has 0 bridgehead atoms. The van der Waals surface area contributed by atoms with Gasteiger partial charge in [0.05, 0.1) is 12.7 Å². The molecule has 0 aromatic heterocycles. The van der Waals surface area contributed by atoms with Gasteiger partial charge in [-0.25, -0.2) is 0 Å². The van der Waals surface area contributed by atoms with Crippen molar-refractivity contribution in [2.24, 2.45) is 17.6 Å². The number of aliphatic hydroxyl groups excluding tert-OH is 1. The summed E-state index contributed by atoms with van der Waals surface area (Å²) < 4.78 is 43.3. The van der Waals surface area contributed by atoms with Crippen molar-refractivity contribution < 1.29 is 23.0 Å². The number of hydrogen-bond acceptors (Lipinski definition) is 3. The SMILES string of the molecule is COc1ccc(C(F)(F)F)cc1CC(C)C(CN)CO. The third-order valence-corrected chi connectivity index (χ3v) is 3.49. The van der Waals surface area contributed by atoms with Gasteiger partial charge in [-0.15, -0.1) is 0 Å². The summed E-state index contributed by atoms with van der Waals surface area (Å²) in [6.07, 6.45) is -4.01. The molecule has 0 saturated heterocycles. The molecule has 1 rings (SSSR count). The van der Waals surface area contributed by atoms with Gasteiger partial charge < -0.3 is 15.6 Å². The van der Waals surface area contributed by atoms with E-state index < -0.39 is 11.7 Å². The first-order valence-corrected chi connectivity index (χ1v) is 6.38. The van der Waals surface area contributed by atoms with E-state index in [9.17, 15) is 18.3 Å². The molecule has 0 aliphatic carbocycles. The summed E-state index contributed by atoms with van der Waals surface area (Å²) in [4.78, 5) is 0. The van der Waals surface area contributed by atoms with Crippen LogP contribution in [0.3, 0.4) is 0 Å². The van der Waals surface area contributed by atoms with Gasteiger partial charge in [-0.1, -0.05) is 6.92 Å². The molecule has 0 aliphatic rings. The van der Waals surface area contributed by atoms with Crippen molar-refractivity contribution in [3.63, 3.8) is 0 Å². The van der Waals surface area contributed by atoms with Crippen LogP contribution in [0.1, 0.15) is 18.1 Å². The third kappa shape index (κ3) is 4.11. The Labute approximate surface area is 116 Å². The van der Waals surface area contributed by atoms with Gasteiger partial charge in [-0.3, -0.25) is 0 Å². The standard InChI is InChI=1S/C14H20F3NO2/c1-9(11(7-18)8-19)5-10-6-12(14(15,16)17)3-4-13(10)20-2/h3-4,6,9,11,19H,5,7-8,18H2,1-2H3. The Kier molecular flexibility index (Phi) is 5.83. The molecule has 2 atom stereocenters. The second kappa shape index (κ2) is 6.95. The highest BCUT2D eigenvalue weighted by molar-refractivity contribution is 5.38. The smallest absolute Gasteiger partial charge is 0.416 e. The van der Waals surface area contributed by atoms with Crippen molar-refractivity contribution in [2.45, 2.75) is 19.5 Å². The topological polar surface area (TPSA) is 55.5 Å². The number of rotatable bonds is 6. The molecule has 1 aromatic carbocycles. The molecule has 6 heteroatoms. The van der Waals surface area contributed by atoms with E-state index >= 15 is 0 Å². The number of ether oxygens (including phenoxy) is 1. The van der Waals surface area contributed by atoms with Crippen LogP contribution in [-0.4, -0.2) is 25.4 Å². The third-order valence-electron chi connectivity index (χ3n) is 3.49. The van der Waals surface area contributed by atoms with E-state index in [0.29, 0.717) is 24.3 Å². The summed E-state index contributed by atoms with van der Waals surface area (Å²) in [5, 5.41) is 9.19. The number of aliphatic hydroxyl groups is 1. The largest absolute Gasteiger partial charge is 0.496 e. The van der Waals surface area contributed by atoms with Crippen LogP contribution in [0.5, 0.6) is 5.75 Å². The van der Waals surface area contributed by atoms with Crippen LogP contribution in [0, 0.1) is 11.8 Å². The summed E-state index contributed by atoms with van der Waals surface area (Å²) >= 11 is 0. The maximum Gasteiger partial charge on any atom is 0.416 e. The molecule has 1 aromatic rings. The molecule has 3 nitrogen and oxygen atoms in total. The summed E-state index contributed by atoms with van der Waals surface area (Å²) in [6.45, 7) is 2.06. The lowest BCUT2D eigenvalue weighted by Gasteiger charge is -2.22. The Morgan fingerprint density at radius 3 is 2.45 bits per heavy atom. The van der Waals surface area contributed by atoms with Crippen LogP contribution in [0.25, 0.3) is 0 Å². The number of halogens is 3. The van der Waals surface area contributed by atoms with E-state index in [1.54, 1.807) is 0 Å². The first-order chi connectivity index (χ1) is 9.33. The van der Waals surface area contributed by atoms with Gasteiger partial charge in [0.15, 0.2) is 0 Å². The van der Waals surface area contributed by atoms with E-state index in [1.807, 2.05) is 6.92 Å². The highest BCUT2D eigenvalue weighted by Gasteiger charge is 2.31. The second-order valence-electron chi connectivity index (χ2n) is 4.88. The normalized spacial score (nSPS) is 14.9. The van der Waals surface area contributed by atoms with Gasteiger partial charge >= 0.3 is 6.18 Å². The fraction of sp³-hybridized carbons (Fsp3) is 0.571. The molecular weight excluding hydrogens is 271 g/mol. The molecule has 0 radical (unpaired) electrons. The quantitative estimate of drug-likeness (QED) is 0.846. The van der Waals surface area contributed by atoms with Crippen LogP contribution < -0.4 is 10.5 Å². The highest BCUT2D eigenvalue weighted by atomic mass is 19.4. The molecular formula is C14H20F3NO2. The minimum absolute atomic E-state index is 0.0395. The maximum atomic E-state index is 12.7. The monoisotopic (exact) mass is 291 g/mol. The number of alkyl halides is 3. The number of hydrogen-bond donors (Lipinski definition) is 2. The Morgan fingerprint density at radius 1 is 1.35 bits per heavy atom. The first-order valence-electron chi connectivity index (χ1n) is 6.38. The van der Waals surface area contributed by atoms with Gasteiger partial charge in [0.25, 0.3) is 0 Å². The van der Waals surface area contributed by atoms with Crippen LogP contribution in [0.2, 0.25) is 0 Å². The van der Waals surface area contributed by atoms with Crippen LogP contribution >= 0.6 is 0 Å². The molecule has 0 saturated carbocycles. The van der Waals surface area contributed by atoms with Crippen LogP contribution in [0.4, 0.5) is 13.2 Å². The fourth-order valence-electron chi connectivity index (χ4n) is 2.11. The average molecular weight is 291 g/mol. The predicted octanol–water partition coefficient (Wildman–Crippen LogP) is 2.46. The molecule has 3 N–H and O–H groups in total. The Hall–Kier alpha value is -1.27. The highest BCUT2D eigenvalue weighted by Crippen LogP contribution is 2.34. The molecule has 0 aliphatic heterocycles. The molecule has 20 heavy (non-hydrogen) atoms. The van der Waals surface area contributed by atoms with Crippen molar-refractivity contribution >= 4 is 0 Å². The summed E-state index contributed by atoms with van der Waals surface area (Å²) in [7, 11) is 1.42. The van der Waals surface area contributed by atoms with Crippen molar-refractivity contribution in [3.05, 3.63) is 29.3 Å². The van der Waals surface area contributed by atoms with Gasteiger partial charge in [0, 0.05) is 6.61 Å². The average Bonchev–Trinajstić information content (AvgIpc) is 2.39. The Bertz CT molecular complexity index is 431. The van der Waals surface area contributed by atoms with Crippen LogP contribution in [-0.2, 0) is 12.6 Å². The number of nitrogens with two attached hydrogens (primary N) is 1. The van der Waals surface area contributed by atoms with Gasteiger partial charge in [0.1, 0.15) is 5.75 Å². The summed E-state index contributed by atoms with van der Waals surface area (Å²) in [6, 6.07) is 3.42. The number of methoxy groups -OCH3 is 1. The zero-order valence-electron chi connectivity index (χ0n) is 11.6. The fourth-order valence-corrected chi connectivity index (χ4v) is 2.11. The predicted molar refractivity (Wildman–Crippen MR) is 70.5 cm³/mol. The van der Waals surface area contributed by atoms with Crippen molar-refractivity contribution in [3.8, 4) is 5.75 Å². The van der Waals surface area contributed by atoms with E-state index in [2.05, 4.69) is 0 Å². The number of benzene rings is 1. The first kappa shape index (κ1) is 16.8. The van der Waals surface area contributed by atoms with Crippen LogP contribution in [0.15, 0.2) is 18.2 Å². The van der Waals surface area contributed by atoms with Gasteiger partial charge in [0.2, 0.25) is 0 Å².